The molecule has 0 saturated heterocycles. The first-order valence-corrected chi connectivity index (χ1v) is 7.58. The number of carboxylic acids is 2. The highest BCUT2D eigenvalue weighted by Crippen LogP contribution is 2.31. The third kappa shape index (κ3) is 8.87. The number of aliphatic carboxylic acids is 2. The summed E-state index contributed by atoms with van der Waals surface area (Å²) in [6.07, 6.45) is 2.74. The number of hydrogen-bond donors (Lipinski definition) is 2. The zero-order chi connectivity index (χ0) is 17.9. The zero-order valence-electron chi connectivity index (χ0n) is 14.1. The average molecular weight is 346 g/mol. The number of hydrogen-bond acceptors (Lipinski definition) is 4. The van der Waals surface area contributed by atoms with Gasteiger partial charge in [-0.15, -0.1) is 0 Å². The van der Waals surface area contributed by atoms with E-state index in [0.717, 1.165) is 12.8 Å². The van der Waals surface area contributed by atoms with E-state index in [2.05, 4.69) is 0 Å². The van der Waals surface area contributed by atoms with Crippen LogP contribution < -0.4 is 0 Å². The van der Waals surface area contributed by atoms with Crippen molar-refractivity contribution in [1.82, 2.24) is 0 Å². The molecule has 134 valence electrons. The molecular weight excluding hydrogens is 315 g/mol. The summed E-state index contributed by atoms with van der Waals surface area (Å²) < 4.78 is 0. The van der Waals surface area contributed by atoms with Gasteiger partial charge in [0, 0.05) is 0 Å². The van der Waals surface area contributed by atoms with Crippen LogP contribution in [0, 0.1) is 11.3 Å². The third-order valence-corrected chi connectivity index (χ3v) is 3.63. The van der Waals surface area contributed by atoms with Gasteiger partial charge in [0.2, 0.25) is 0 Å². The average Bonchev–Trinajstić information content (AvgIpc) is 2.38. The Balaban J connectivity index is -0.000000354. The predicted octanol–water partition coefficient (Wildman–Crippen LogP) is 1.75. The lowest BCUT2D eigenvalue weighted by molar-refractivity contribution is -0.155. The summed E-state index contributed by atoms with van der Waals surface area (Å²) in [5.41, 5.74) is -1.12. The molecule has 0 aromatic heterocycles. The monoisotopic (exact) mass is 346 g/mol. The molecule has 0 aliphatic carbocycles. The van der Waals surface area contributed by atoms with Crippen LogP contribution >= 0.6 is 0 Å². The van der Waals surface area contributed by atoms with E-state index in [1.54, 1.807) is 6.92 Å². The van der Waals surface area contributed by atoms with E-state index in [9.17, 15) is 19.2 Å². The number of carbonyl (C=O) groups is 4. The first-order valence-electron chi connectivity index (χ1n) is 7.58. The smallest absolute Gasteiger partial charge is 0.317 e. The van der Waals surface area contributed by atoms with Crippen molar-refractivity contribution in [3.8, 4) is 0 Å². The molecule has 0 amide bonds. The standard InChI is InChI=1S/C10H18O3.C6H10O3.Al.3H/c1-4-6-10(7-5-2,8(3)11)9(12)13;1-3-5(4(2)7)6(8)9;;;;/h4-7H2,1-3H3,(H,12,13);5H,3H2,1-2H3,(H,8,9);;;;. The molecule has 0 heterocycles. The van der Waals surface area contributed by atoms with E-state index in [1.807, 2.05) is 13.8 Å². The second-order valence-corrected chi connectivity index (χ2v) is 5.35. The Labute approximate surface area is 148 Å². The molecule has 1 unspecified atom stereocenters. The van der Waals surface area contributed by atoms with Crippen molar-refractivity contribution >= 4 is 40.9 Å². The van der Waals surface area contributed by atoms with Gasteiger partial charge in [-0.1, -0.05) is 33.6 Å². The van der Waals surface area contributed by atoms with Crippen LogP contribution in [0.25, 0.3) is 0 Å². The molecule has 0 bridgehead atoms. The molecule has 7 heteroatoms. The van der Waals surface area contributed by atoms with E-state index >= 15 is 0 Å². The van der Waals surface area contributed by atoms with Gasteiger partial charge < -0.3 is 10.2 Å². The largest absolute Gasteiger partial charge is 0.481 e. The Bertz CT molecular complexity index is 369. The summed E-state index contributed by atoms with van der Waals surface area (Å²) in [5.74, 6) is -3.28. The van der Waals surface area contributed by atoms with Crippen molar-refractivity contribution in [2.75, 3.05) is 0 Å². The summed E-state index contributed by atoms with van der Waals surface area (Å²) in [6.45, 7) is 8.15. The first-order chi connectivity index (χ1) is 10.1. The summed E-state index contributed by atoms with van der Waals surface area (Å²) >= 11 is 0. The summed E-state index contributed by atoms with van der Waals surface area (Å²) in [5, 5.41) is 17.4. The van der Waals surface area contributed by atoms with Crippen LogP contribution in [-0.4, -0.2) is 51.1 Å². The van der Waals surface area contributed by atoms with Crippen molar-refractivity contribution in [3.05, 3.63) is 0 Å². The number of carbonyl (C=O) groups excluding carboxylic acids is 2. The van der Waals surface area contributed by atoms with E-state index < -0.39 is 23.3 Å². The highest BCUT2D eigenvalue weighted by atomic mass is 27.0. The predicted molar refractivity (Wildman–Crippen MR) is 92.6 cm³/mol. The zero-order valence-corrected chi connectivity index (χ0v) is 14.1. The van der Waals surface area contributed by atoms with Crippen LogP contribution in [0.15, 0.2) is 0 Å². The molecule has 0 spiro atoms. The van der Waals surface area contributed by atoms with Gasteiger partial charge in [-0.25, -0.2) is 0 Å². The SMILES string of the molecule is CCC(C(C)=O)C(=O)O.CCCC(CCC)(C(C)=O)C(=O)O.[AlH3]. The molecule has 0 aromatic carbocycles. The Morgan fingerprint density at radius 2 is 1.30 bits per heavy atom. The molecule has 0 fully saturated rings. The molecule has 0 aliphatic heterocycles. The molecule has 1 atom stereocenters. The molecule has 0 aromatic rings. The lowest BCUT2D eigenvalue weighted by atomic mass is 9.76. The molecular formula is C16H31AlO6. The van der Waals surface area contributed by atoms with Gasteiger partial charge in [0.05, 0.1) is 0 Å². The Hall–Kier alpha value is -1.19. The van der Waals surface area contributed by atoms with Crippen LogP contribution in [0.1, 0.15) is 66.7 Å². The van der Waals surface area contributed by atoms with Crippen molar-refractivity contribution in [2.24, 2.45) is 11.3 Å². The van der Waals surface area contributed by atoms with Crippen molar-refractivity contribution < 1.29 is 29.4 Å². The fourth-order valence-electron chi connectivity index (χ4n) is 2.33. The number of Topliss-reactive ketones (excluding diaryl/α,β-unsaturated/α-hetero) is 2. The quantitative estimate of drug-likeness (QED) is 0.486. The minimum absolute atomic E-state index is 0. The van der Waals surface area contributed by atoms with Gasteiger partial charge >= 0.3 is 11.9 Å². The van der Waals surface area contributed by atoms with Crippen LogP contribution in [0.5, 0.6) is 0 Å². The lowest BCUT2D eigenvalue weighted by Crippen LogP contribution is -2.37. The molecule has 0 saturated carbocycles. The maximum Gasteiger partial charge on any atom is 0.317 e. The minimum atomic E-state index is -1.12. The van der Waals surface area contributed by atoms with Gasteiger partial charge in [0.1, 0.15) is 22.9 Å². The van der Waals surface area contributed by atoms with Gasteiger partial charge in [-0.05, 0) is 33.1 Å². The summed E-state index contributed by atoms with van der Waals surface area (Å²) in [6, 6.07) is 0. The first kappa shape index (κ1) is 26.7. The molecule has 2 N–H and O–H groups in total. The number of ketones is 2. The van der Waals surface area contributed by atoms with E-state index in [4.69, 9.17) is 10.2 Å². The van der Waals surface area contributed by atoms with Crippen molar-refractivity contribution in [2.45, 2.75) is 66.7 Å². The molecule has 0 rings (SSSR count). The Morgan fingerprint density at radius 3 is 1.39 bits per heavy atom. The lowest BCUT2D eigenvalue weighted by Gasteiger charge is -2.25. The van der Waals surface area contributed by atoms with E-state index in [0.29, 0.717) is 19.3 Å². The molecule has 6 nitrogen and oxygen atoms in total. The fourth-order valence-corrected chi connectivity index (χ4v) is 2.33. The normalized spacial score (nSPS) is 11.3. The third-order valence-electron chi connectivity index (χ3n) is 3.63. The van der Waals surface area contributed by atoms with Gasteiger partial charge in [0.25, 0.3) is 0 Å². The summed E-state index contributed by atoms with van der Waals surface area (Å²) in [7, 11) is 0. The number of carboxylic acid groups (broad SMARTS) is 2. The van der Waals surface area contributed by atoms with Crippen LogP contribution in [-0.2, 0) is 19.2 Å². The number of rotatable bonds is 9. The highest BCUT2D eigenvalue weighted by molar-refractivity contribution is 6.01. The Kier molecular flexibility index (Phi) is 15.4. The van der Waals surface area contributed by atoms with Gasteiger partial charge in [0.15, 0.2) is 17.4 Å². The van der Waals surface area contributed by atoms with Crippen LogP contribution in [0.3, 0.4) is 0 Å². The Morgan fingerprint density at radius 1 is 0.913 bits per heavy atom. The summed E-state index contributed by atoms with van der Waals surface area (Å²) in [4.78, 5) is 42.9. The minimum Gasteiger partial charge on any atom is -0.481 e. The van der Waals surface area contributed by atoms with Gasteiger partial charge in [-0.2, -0.15) is 0 Å². The van der Waals surface area contributed by atoms with E-state index in [-0.39, 0.29) is 28.9 Å². The molecule has 0 aliphatic rings. The second kappa shape index (κ2) is 13.3. The molecule has 23 heavy (non-hydrogen) atoms. The molecule has 0 radical (unpaired) electrons. The van der Waals surface area contributed by atoms with Crippen molar-refractivity contribution in [1.29, 1.82) is 0 Å². The van der Waals surface area contributed by atoms with E-state index in [1.165, 1.54) is 13.8 Å². The van der Waals surface area contributed by atoms with Crippen molar-refractivity contribution in [3.63, 3.8) is 0 Å². The fraction of sp³-hybridized carbons (Fsp3) is 0.750. The van der Waals surface area contributed by atoms with Crippen LogP contribution in [0.4, 0.5) is 0 Å². The maximum absolute atomic E-state index is 11.3. The van der Waals surface area contributed by atoms with Crippen LogP contribution in [0.2, 0.25) is 0 Å². The maximum atomic E-state index is 11.3. The van der Waals surface area contributed by atoms with Gasteiger partial charge in [-0.3, -0.25) is 19.2 Å². The topological polar surface area (TPSA) is 109 Å². The highest BCUT2D eigenvalue weighted by Gasteiger charge is 2.41. The second-order valence-electron chi connectivity index (χ2n) is 5.35.